The van der Waals surface area contributed by atoms with Crippen molar-refractivity contribution in [2.24, 2.45) is 0 Å². The summed E-state index contributed by atoms with van der Waals surface area (Å²) in [4.78, 5) is 12.3. The van der Waals surface area contributed by atoms with Crippen molar-refractivity contribution in [1.29, 1.82) is 0 Å². The molecule has 0 saturated heterocycles. The summed E-state index contributed by atoms with van der Waals surface area (Å²) in [5, 5.41) is 0. The molecule has 3 aromatic rings. The van der Waals surface area contributed by atoms with Crippen LogP contribution in [0.25, 0.3) is 11.1 Å². The maximum Gasteiger partial charge on any atom is 0.346 e. The van der Waals surface area contributed by atoms with Crippen molar-refractivity contribution in [2.75, 3.05) is 13.7 Å². The first kappa shape index (κ1) is 20.5. The number of rotatable bonds is 7. The minimum Gasteiger partial charge on any atom is -0.488 e. The van der Waals surface area contributed by atoms with Gasteiger partial charge in [0, 0.05) is 12.7 Å². The van der Waals surface area contributed by atoms with E-state index in [1.54, 1.807) is 49.6 Å². The molecule has 0 saturated carbocycles. The molecule has 0 aliphatic carbocycles. The number of carbonyl (C=O) groups is 1. The van der Waals surface area contributed by atoms with E-state index < -0.39 is 23.2 Å². The Balaban J connectivity index is 1.73. The molecule has 0 fully saturated rings. The maximum absolute atomic E-state index is 14.5. The zero-order chi connectivity index (χ0) is 20.8. The van der Waals surface area contributed by atoms with Gasteiger partial charge >= 0.3 is 5.97 Å². The van der Waals surface area contributed by atoms with Gasteiger partial charge in [-0.3, -0.25) is 0 Å². The van der Waals surface area contributed by atoms with Crippen molar-refractivity contribution in [3.63, 3.8) is 0 Å². The van der Waals surface area contributed by atoms with Crippen LogP contribution in [-0.2, 0) is 4.74 Å². The molecule has 0 unspecified atom stereocenters. The van der Waals surface area contributed by atoms with Gasteiger partial charge in [-0.25, -0.2) is 13.6 Å². The third kappa shape index (κ3) is 4.97. The summed E-state index contributed by atoms with van der Waals surface area (Å²) in [5.41, 5.74) is 0.115. The number of hydrogen-bond acceptors (Lipinski definition) is 4. The summed E-state index contributed by atoms with van der Waals surface area (Å²) in [6, 6.07) is 17.4. The van der Waals surface area contributed by atoms with E-state index in [4.69, 9.17) is 14.2 Å². The highest BCUT2D eigenvalue weighted by Gasteiger charge is 2.21. The van der Waals surface area contributed by atoms with Crippen LogP contribution in [0.2, 0.25) is 0 Å². The summed E-state index contributed by atoms with van der Waals surface area (Å²) < 4.78 is 44.7. The minimum atomic E-state index is -1.25. The van der Waals surface area contributed by atoms with Gasteiger partial charge in [0.1, 0.15) is 17.6 Å². The van der Waals surface area contributed by atoms with E-state index in [0.717, 1.165) is 0 Å². The van der Waals surface area contributed by atoms with Gasteiger partial charge in [0.2, 0.25) is 0 Å². The largest absolute Gasteiger partial charge is 0.488 e. The van der Waals surface area contributed by atoms with Crippen LogP contribution < -0.4 is 9.47 Å². The van der Waals surface area contributed by atoms with Crippen LogP contribution in [0.5, 0.6) is 11.5 Å². The molecule has 0 spiro atoms. The number of methoxy groups -OCH3 is 1. The van der Waals surface area contributed by atoms with Crippen LogP contribution in [-0.4, -0.2) is 25.8 Å². The van der Waals surface area contributed by atoms with Crippen LogP contribution >= 0.6 is 0 Å². The lowest BCUT2D eigenvalue weighted by atomic mass is 10.0. The fourth-order valence-corrected chi connectivity index (χ4v) is 2.80. The Bertz CT molecular complexity index is 972. The molecule has 0 amide bonds. The number of halogens is 2. The Morgan fingerprint density at radius 1 is 0.897 bits per heavy atom. The smallest absolute Gasteiger partial charge is 0.346 e. The van der Waals surface area contributed by atoms with Gasteiger partial charge in [-0.15, -0.1) is 0 Å². The van der Waals surface area contributed by atoms with Crippen LogP contribution in [0, 0.1) is 11.6 Å². The van der Waals surface area contributed by atoms with Gasteiger partial charge in [0.25, 0.3) is 0 Å². The highest BCUT2D eigenvalue weighted by molar-refractivity contribution is 5.92. The third-order valence-electron chi connectivity index (χ3n) is 4.16. The van der Waals surface area contributed by atoms with Crippen molar-refractivity contribution in [1.82, 2.24) is 0 Å². The first-order valence-corrected chi connectivity index (χ1v) is 9.01. The van der Waals surface area contributed by atoms with Crippen LogP contribution in [0.15, 0.2) is 66.7 Å². The first-order valence-electron chi connectivity index (χ1n) is 9.01. The summed E-state index contributed by atoms with van der Waals surface area (Å²) in [7, 11) is 1.58. The highest BCUT2D eigenvalue weighted by atomic mass is 19.2. The second kappa shape index (κ2) is 9.30. The summed E-state index contributed by atoms with van der Waals surface area (Å²) in [5.74, 6) is -2.57. The highest BCUT2D eigenvalue weighted by Crippen LogP contribution is 2.27. The lowest BCUT2D eigenvalue weighted by Gasteiger charge is -2.14. The summed E-state index contributed by atoms with van der Waals surface area (Å²) >= 11 is 0. The van der Waals surface area contributed by atoms with Crippen LogP contribution in [0.1, 0.15) is 17.3 Å². The second-order valence-electron chi connectivity index (χ2n) is 6.40. The molecular weight excluding hydrogens is 378 g/mol. The summed E-state index contributed by atoms with van der Waals surface area (Å²) in [6.45, 7) is 2.29. The molecule has 3 rings (SSSR count). The quantitative estimate of drug-likeness (QED) is 0.402. The molecule has 150 valence electrons. The Morgan fingerprint density at radius 2 is 1.55 bits per heavy atom. The molecular formula is C23H20F2O4. The fourth-order valence-electron chi connectivity index (χ4n) is 2.80. The van der Waals surface area contributed by atoms with Crippen molar-refractivity contribution < 1.29 is 27.8 Å². The molecule has 0 N–H and O–H groups in total. The van der Waals surface area contributed by atoms with Crippen LogP contribution in [0.3, 0.4) is 0 Å². The van der Waals surface area contributed by atoms with E-state index in [1.165, 1.54) is 24.3 Å². The van der Waals surface area contributed by atoms with E-state index in [9.17, 15) is 13.6 Å². The molecule has 0 radical (unpaired) electrons. The molecule has 0 aliphatic rings. The van der Waals surface area contributed by atoms with Gasteiger partial charge in [0.05, 0.1) is 12.2 Å². The molecule has 0 aromatic heterocycles. The van der Waals surface area contributed by atoms with Crippen molar-refractivity contribution in [3.05, 3.63) is 83.9 Å². The molecule has 4 nitrogen and oxygen atoms in total. The molecule has 1 atom stereocenters. The molecule has 29 heavy (non-hydrogen) atoms. The average Bonchev–Trinajstić information content (AvgIpc) is 2.72. The van der Waals surface area contributed by atoms with E-state index in [2.05, 4.69) is 0 Å². The number of esters is 1. The monoisotopic (exact) mass is 398 g/mol. The van der Waals surface area contributed by atoms with Gasteiger partial charge in [-0.05, 0) is 42.8 Å². The molecule has 0 aliphatic heterocycles. The Kier molecular flexibility index (Phi) is 6.57. The molecule has 3 aromatic carbocycles. The summed E-state index contributed by atoms with van der Waals surface area (Å²) in [6.07, 6.45) is -0.145. The van der Waals surface area contributed by atoms with E-state index in [1.807, 2.05) is 6.92 Å². The Morgan fingerprint density at radius 3 is 2.21 bits per heavy atom. The average molecular weight is 398 g/mol. The molecule has 0 bridgehead atoms. The Hall–Kier alpha value is -3.25. The zero-order valence-corrected chi connectivity index (χ0v) is 16.0. The van der Waals surface area contributed by atoms with Gasteiger partial charge < -0.3 is 14.2 Å². The normalized spacial score (nSPS) is 11.7. The van der Waals surface area contributed by atoms with E-state index in [0.29, 0.717) is 17.9 Å². The minimum absolute atomic E-state index is 0.0753. The zero-order valence-electron chi connectivity index (χ0n) is 16.0. The standard InChI is InChI=1S/C23H20F2O4/c1-15(14-27-2)28-17-8-10-18(11-9-17)29-23(26)20-13-12-19(21(24)22(20)25)16-6-4-3-5-7-16/h3-13,15H,14H2,1-2H3/t15-/m0/s1. The van der Waals surface area contributed by atoms with Gasteiger partial charge in [-0.1, -0.05) is 36.4 Å². The van der Waals surface area contributed by atoms with Crippen molar-refractivity contribution in [3.8, 4) is 22.6 Å². The van der Waals surface area contributed by atoms with Crippen molar-refractivity contribution in [2.45, 2.75) is 13.0 Å². The van der Waals surface area contributed by atoms with E-state index in [-0.39, 0.29) is 17.4 Å². The van der Waals surface area contributed by atoms with Gasteiger partial charge in [-0.2, -0.15) is 0 Å². The number of ether oxygens (including phenoxy) is 3. The second-order valence-corrected chi connectivity index (χ2v) is 6.40. The van der Waals surface area contributed by atoms with Crippen LogP contribution in [0.4, 0.5) is 8.78 Å². The number of benzene rings is 3. The Labute approximate surface area is 167 Å². The predicted molar refractivity (Wildman–Crippen MR) is 105 cm³/mol. The predicted octanol–water partition coefficient (Wildman–Crippen LogP) is 5.26. The van der Waals surface area contributed by atoms with Gasteiger partial charge in [0.15, 0.2) is 11.6 Å². The molecule has 0 heterocycles. The first-order chi connectivity index (χ1) is 14.0. The van der Waals surface area contributed by atoms with E-state index >= 15 is 0 Å². The fraction of sp³-hybridized carbons (Fsp3) is 0.174. The molecule has 6 heteroatoms. The lowest BCUT2D eigenvalue weighted by Crippen LogP contribution is -2.17. The number of carbonyl (C=O) groups excluding carboxylic acids is 1. The number of hydrogen-bond donors (Lipinski definition) is 0. The topological polar surface area (TPSA) is 44.8 Å². The third-order valence-corrected chi connectivity index (χ3v) is 4.16. The maximum atomic E-state index is 14.5. The van der Waals surface area contributed by atoms with Crippen molar-refractivity contribution >= 4 is 5.97 Å². The lowest BCUT2D eigenvalue weighted by molar-refractivity contribution is 0.0727. The SMILES string of the molecule is COC[C@H](C)Oc1ccc(OC(=O)c2ccc(-c3ccccc3)c(F)c2F)cc1.